The summed E-state index contributed by atoms with van der Waals surface area (Å²) >= 11 is 0. The van der Waals surface area contributed by atoms with E-state index in [9.17, 15) is 4.79 Å². The third-order valence-electron chi connectivity index (χ3n) is 4.67. The number of amides is 1. The molecule has 2 fully saturated rings. The highest BCUT2D eigenvalue weighted by atomic mass is 16.5. The summed E-state index contributed by atoms with van der Waals surface area (Å²) in [7, 11) is 2.14. The van der Waals surface area contributed by atoms with Crippen LogP contribution in [0.4, 0.5) is 0 Å². The minimum absolute atomic E-state index is 0.203. The highest BCUT2D eigenvalue weighted by Crippen LogP contribution is 2.26. The van der Waals surface area contributed by atoms with Crippen LogP contribution in [-0.4, -0.2) is 83.6 Å². The summed E-state index contributed by atoms with van der Waals surface area (Å²) in [6, 6.07) is 0. The topological polar surface area (TPSA) is 65.7 Å². The Labute approximate surface area is 131 Å². The van der Waals surface area contributed by atoms with Gasteiger partial charge in [-0.15, -0.1) is 0 Å². The number of rotatable bonds is 4. The van der Waals surface area contributed by atoms with E-state index in [1.807, 2.05) is 11.8 Å². The lowest BCUT2D eigenvalue weighted by molar-refractivity contribution is -0.130. The first-order chi connectivity index (χ1) is 10.6. The molecular formula is C15H25N5O2. The van der Waals surface area contributed by atoms with Gasteiger partial charge in [0.2, 0.25) is 11.8 Å². The number of likely N-dealkylation sites (N-methyl/N-ethyl adjacent to an activating group) is 1. The molecule has 22 heavy (non-hydrogen) atoms. The minimum Gasteiger partial charge on any atom is -0.342 e. The van der Waals surface area contributed by atoms with Crippen molar-refractivity contribution in [1.82, 2.24) is 24.8 Å². The maximum Gasteiger partial charge on any atom is 0.231 e. The predicted octanol–water partition coefficient (Wildman–Crippen LogP) is 0.331. The monoisotopic (exact) mass is 307 g/mol. The smallest absolute Gasteiger partial charge is 0.231 e. The van der Waals surface area contributed by atoms with E-state index in [0.29, 0.717) is 24.7 Å². The summed E-state index contributed by atoms with van der Waals surface area (Å²) in [5.41, 5.74) is 0. The van der Waals surface area contributed by atoms with Gasteiger partial charge in [-0.25, -0.2) is 0 Å². The lowest BCUT2D eigenvalue weighted by atomic mass is 10.1. The highest BCUT2D eigenvalue weighted by Gasteiger charge is 2.30. The maximum absolute atomic E-state index is 12.4. The van der Waals surface area contributed by atoms with Crippen LogP contribution in [0.5, 0.6) is 0 Å². The standard InChI is InChI=1S/C15H25N5O2/c1-12-16-15(22-17-12)13-3-6-20(11-13)14(21)4-5-19-9-7-18(2)8-10-19/h13H,3-11H2,1-2H3/t13-/m1/s1. The first kappa shape index (κ1) is 15.4. The molecule has 7 nitrogen and oxygen atoms in total. The molecule has 0 radical (unpaired) electrons. The summed E-state index contributed by atoms with van der Waals surface area (Å²) in [5.74, 6) is 1.79. The van der Waals surface area contributed by atoms with Crippen molar-refractivity contribution in [2.75, 3.05) is 52.9 Å². The van der Waals surface area contributed by atoms with E-state index >= 15 is 0 Å². The van der Waals surface area contributed by atoms with Gasteiger partial charge in [0, 0.05) is 52.2 Å². The zero-order chi connectivity index (χ0) is 15.5. The zero-order valence-electron chi connectivity index (χ0n) is 13.5. The molecular weight excluding hydrogens is 282 g/mol. The van der Waals surface area contributed by atoms with Gasteiger partial charge in [-0.05, 0) is 20.4 Å². The van der Waals surface area contributed by atoms with Crippen molar-refractivity contribution in [2.45, 2.75) is 25.7 Å². The summed E-state index contributed by atoms with van der Waals surface area (Å²) in [6.07, 6.45) is 1.53. The second kappa shape index (κ2) is 6.75. The molecule has 0 saturated carbocycles. The van der Waals surface area contributed by atoms with Crippen LogP contribution in [0.1, 0.15) is 30.5 Å². The van der Waals surface area contributed by atoms with E-state index in [1.54, 1.807) is 0 Å². The number of piperazine rings is 1. The Hall–Kier alpha value is -1.47. The molecule has 2 aliphatic heterocycles. The fourth-order valence-corrected chi connectivity index (χ4v) is 3.15. The Morgan fingerprint density at radius 3 is 2.73 bits per heavy atom. The molecule has 0 unspecified atom stereocenters. The molecule has 0 bridgehead atoms. The van der Waals surface area contributed by atoms with Crippen LogP contribution in [0, 0.1) is 6.92 Å². The number of nitrogens with zero attached hydrogens (tertiary/aromatic N) is 5. The summed E-state index contributed by atoms with van der Waals surface area (Å²) in [6.45, 7) is 8.51. The van der Waals surface area contributed by atoms with Gasteiger partial charge in [0.05, 0.1) is 5.92 Å². The van der Waals surface area contributed by atoms with Crippen LogP contribution >= 0.6 is 0 Å². The van der Waals surface area contributed by atoms with Crippen LogP contribution in [0.25, 0.3) is 0 Å². The fraction of sp³-hybridized carbons (Fsp3) is 0.800. The lowest BCUT2D eigenvalue weighted by Crippen LogP contribution is -2.45. The summed E-state index contributed by atoms with van der Waals surface area (Å²) < 4.78 is 5.23. The molecule has 2 aliphatic rings. The average Bonchev–Trinajstić information content (AvgIpc) is 3.15. The first-order valence-electron chi connectivity index (χ1n) is 8.10. The number of carbonyl (C=O) groups excluding carboxylic acids is 1. The van der Waals surface area contributed by atoms with Gasteiger partial charge in [0.15, 0.2) is 5.82 Å². The van der Waals surface area contributed by atoms with Gasteiger partial charge in [-0.2, -0.15) is 4.98 Å². The normalized spacial score (nSPS) is 24.1. The fourth-order valence-electron chi connectivity index (χ4n) is 3.15. The van der Waals surface area contributed by atoms with Crippen molar-refractivity contribution >= 4 is 5.91 Å². The molecule has 2 saturated heterocycles. The Kier molecular flexibility index (Phi) is 4.73. The molecule has 0 spiro atoms. The van der Waals surface area contributed by atoms with E-state index in [2.05, 4.69) is 27.0 Å². The second-order valence-electron chi connectivity index (χ2n) is 6.40. The Balaban J connectivity index is 1.43. The molecule has 3 heterocycles. The molecule has 1 aromatic rings. The number of aromatic nitrogens is 2. The number of likely N-dealkylation sites (tertiary alicyclic amines) is 1. The van der Waals surface area contributed by atoms with Gasteiger partial charge in [-0.1, -0.05) is 5.16 Å². The minimum atomic E-state index is 0.203. The Bertz CT molecular complexity index is 510. The quantitative estimate of drug-likeness (QED) is 0.799. The molecule has 0 aliphatic carbocycles. The molecule has 0 aromatic carbocycles. The molecule has 1 atom stereocenters. The molecule has 0 N–H and O–H groups in total. The van der Waals surface area contributed by atoms with E-state index in [1.165, 1.54) is 0 Å². The molecule has 1 amide bonds. The van der Waals surface area contributed by atoms with Crippen molar-refractivity contribution in [3.05, 3.63) is 11.7 Å². The van der Waals surface area contributed by atoms with E-state index in [0.717, 1.165) is 45.7 Å². The first-order valence-corrected chi connectivity index (χ1v) is 8.10. The van der Waals surface area contributed by atoms with Crippen molar-refractivity contribution in [1.29, 1.82) is 0 Å². The number of hydrogen-bond donors (Lipinski definition) is 0. The van der Waals surface area contributed by atoms with E-state index in [4.69, 9.17) is 4.52 Å². The largest absolute Gasteiger partial charge is 0.342 e. The zero-order valence-corrected chi connectivity index (χ0v) is 13.5. The molecule has 3 rings (SSSR count). The summed E-state index contributed by atoms with van der Waals surface area (Å²) in [5, 5.41) is 3.83. The molecule has 1 aromatic heterocycles. The number of aryl methyl sites for hydroxylation is 1. The van der Waals surface area contributed by atoms with Crippen LogP contribution < -0.4 is 0 Å². The highest BCUT2D eigenvalue weighted by molar-refractivity contribution is 5.76. The van der Waals surface area contributed by atoms with Crippen LogP contribution in [0.2, 0.25) is 0 Å². The number of hydrogen-bond acceptors (Lipinski definition) is 6. The molecule has 7 heteroatoms. The van der Waals surface area contributed by atoms with Gasteiger partial charge >= 0.3 is 0 Å². The van der Waals surface area contributed by atoms with Crippen LogP contribution in [-0.2, 0) is 4.79 Å². The van der Waals surface area contributed by atoms with Gasteiger partial charge in [0.25, 0.3) is 0 Å². The van der Waals surface area contributed by atoms with Crippen molar-refractivity contribution in [3.8, 4) is 0 Å². The average molecular weight is 307 g/mol. The van der Waals surface area contributed by atoms with E-state index < -0.39 is 0 Å². The van der Waals surface area contributed by atoms with Crippen molar-refractivity contribution in [2.24, 2.45) is 0 Å². The predicted molar refractivity (Wildman–Crippen MR) is 81.5 cm³/mol. The Morgan fingerprint density at radius 2 is 2.05 bits per heavy atom. The van der Waals surface area contributed by atoms with Gasteiger partial charge < -0.3 is 19.2 Å². The molecule has 122 valence electrons. The van der Waals surface area contributed by atoms with Crippen LogP contribution in [0.3, 0.4) is 0 Å². The Morgan fingerprint density at radius 1 is 1.27 bits per heavy atom. The lowest BCUT2D eigenvalue weighted by Gasteiger charge is -2.32. The summed E-state index contributed by atoms with van der Waals surface area (Å²) in [4.78, 5) is 23.3. The van der Waals surface area contributed by atoms with Gasteiger partial charge in [0.1, 0.15) is 0 Å². The van der Waals surface area contributed by atoms with Gasteiger partial charge in [-0.3, -0.25) is 4.79 Å². The third kappa shape index (κ3) is 3.64. The van der Waals surface area contributed by atoms with E-state index in [-0.39, 0.29) is 11.8 Å². The SMILES string of the molecule is Cc1noc([C@@H]2CCN(C(=O)CCN3CCN(C)CC3)C2)n1. The number of carbonyl (C=O) groups is 1. The maximum atomic E-state index is 12.4. The van der Waals surface area contributed by atoms with Crippen molar-refractivity contribution < 1.29 is 9.32 Å². The van der Waals surface area contributed by atoms with Crippen LogP contribution in [0.15, 0.2) is 4.52 Å². The van der Waals surface area contributed by atoms with Crippen molar-refractivity contribution in [3.63, 3.8) is 0 Å². The second-order valence-corrected chi connectivity index (χ2v) is 6.40. The third-order valence-corrected chi connectivity index (χ3v) is 4.67.